The molecule has 0 radical (unpaired) electrons. The molecule has 0 atom stereocenters. The third-order valence-electron chi connectivity index (χ3n) is 4.70. The van der Waals surface area contributed by atoms with Crippen LogP contribution in [-0.4, -0.2) is 45.6 Å². The first kappa shape index (κ1) is 14.7. The molecular weight excluding hydrogens is 306 g/mol. The van der Waals surface area contributed by atoms with Crippen LogP contribution in [0.1, 0.15) is 38.4 Å². The van der Waals surface area contributed by atoms with Crippen molar-refractivity contribution in [2.45, 2.75) is 19.4 Å². The molecule has 0 saturated carbocycles. The molecule has 3 heterocycles. The Balaban J connectivity index is 1.40. The van der Waals surface area contributed by atoms with Crippen molar-refractivity contribution in [1.29, 1.82) is 0 Å². The van der Waals surface area contributed by atoms with E-state index >= 15 is 0 Å². The summed E-state index contributed by atoms with van der Waals surface area (Å²) in [7, 11) is 0. The zero-order valence-electron chi connectivity index (χ0n) is 13.1. The molecule has 1 aromatic carbocycles. The number of benzene rings is 1. The lowest BCUT2D eigenvalue weighted by atomic mass is 10.1. The van der Waals surface area contributed by atoms with Crippen molar-refractivity contribution >= 4 is 17.7 Å². The Kier molecular flexibility index (Phi) is 3.45. The van der Waals surface area contributed by atoms with Gasteiger partial charge in [0.05, 0.1) is 11.1 Å². The van der Waals surface area contributed by atoms with Crippen LogP contribution in [0.3, 0.4) is 0 Å². The van der Waals surface area contributed by atoms with Gasteiger partial charge in [-0.15, -0.1) is 0 Å². The number of nitrogens with one attached hydrogen (secondary N) is 1. The van der Waals surface area contributed by atoms with E-state index in [1.807, 2.05) is 12.3 Å². The van der Waals surface area contributed by atoms with Crippen molar-refractivity contribution in [3.05, 3.63) is 58.9 Å². The Bertz CT molecular complexity index is 805. The zero-order valence-corrected chi connectivity index (χ0v) is 13.1. The Morgan fingerprint density at radius 3 is 2.50 bits per heavy atom. The van der Waals surface area contributed by atoms with Crippen LogP contribution in [0.15, 0.2) is 36.5 Å². The molecule has 0 saturated heterocycles. The highest BCUT2D eigenvalue weighted by Gasteiger charge is 2.35. The number of carbonyl (C=O) groups excluding carboxylic acids is 3. The minimum absolute atomic E-state index is 0.0293. The monoisotopic (exact) mass is 323 g/mol. The number of hydrogen-bond acceptors (Lipinski definition) is 3. The number of carbonyl (C=O) groups is 3. The van der Waals surface area contributed by atoms with Crippen LogP contribution < -0.4 is 0 Å². The lowest BCUT2D eigenvalue weighted by molar-refractivity contribution is -0.132. The maximum absolute atomic E-state index is 12.4. The first-order valence-corrected chi connectivity index (χ1v) is 8.03. The molecule has 0 bridgehead atoms. The van der Waals surface area contributed by atoms with Gasteiger partial charge in [0, 0.05) is 44.4 Å². The molecule has 24 heavy (non-hydrogen) atoms. The van der Waals surface area contributed by atoms with E-state index in [2.05, 4.69) is 4.98 Å². The number of imide groups is 1. The van der Waals surface area contributed by atoms with Gasteiger partial charge in [-0.25, -0.2) is 0 Å². The zero-order chi connectivity index (χ0) is 16.7. The summed E-state index contributed by atoms with van der Waals surface area (Å²) in [5, 5.41) is 0. The number of H-pyrrole nitrogens is 1. The van der Waals surface area contributed by atoms with Gasteiger partial charge in [0.2, 0.25) is 5.91 Å². The molecule has 0 fully saturated rings. The topological polar surface area (TPSA) is 73.5 Å². The van der Waals surface area contributed by atoms with Crippen molar-refractivity contribution in [3.8, 4) is 0 Å². The Labute approximate surface area is 139 Å². The van der Waals surface area contributed by atoms with E-state index in [0.29, 0.717) is 24.2 Å². The van der Waals surface area contributed by atoms with E-state index in [4.69, 9.17) is 0 Å². The van der Waals surface area contributed by atoms with Crippen molar-refractivity contribution in [3.63, 3.8) is 0 Å². The van der Waals surface area contributed by atoms with Gasteiger partial charge >= 0.3 is 0 Å². The predicted octanol–water partition coefficient (Wildman–Crippen LogP) is 1.59. The normalized spacial score (nSPS) is 16.3. The molecule has 2 aliphatic rings. The van der Waals surface area contributed by atoms with E-state index in [9.17, 15) is 14.4 Å². The van der Waals surface area contributed by atoms with Crippen LogP contribution in [0.2, 0.25) is 0 Å². The fraction of sp³-hybridized carbons (Fsp3) is 0.278. The number of nitrogens with zero attached hydrogens (tertiary/aromatic N) is 2. The van der Waals surface area contributed by atoms with Gasteiger partial charge in [0.1, 0.15) is 0 Å². The summed E-state index contributed by atoms with van der Waals surface area (Å²) >= 11 is 0. The smallest absolute Gasteiger partial charge is 0.261 e. The highest BCUT2D eigenvalue weighted by atomic mass is 16.2. The van der Waals surface area contributed by atoms with Crippen molar-refractivity contribution < 1.29 is 14.4 Å². The standard InChI is InChI=1S/C18H17N3O3/c22-16(20-9-6-15-12(11-20)5-8-19-15)7-10-21-17(23)13-3-1-2-4-14(13)18(21)24/h1-5,8,19H,6-7,9-11H2. The van der Waals surface area contributed by atoms with Crippen molar-refractivity contribution in [1.82, 2.24) is 14.8 Å². The highest BCUT2D eigenvalue weighted by molar-refractivity contribution is 6.21. The van der Waals surface area contributed by atoms with Crippen molar-refractivity contribution in [2.75, 3.05) is 13.1 Å². The lowest BCUT2D eigenvalue weighted by Gasteiger charge is -2.27. The maximum Gasteiger partial charge on any atom is 0.261 e. The van der Waals surface area contributed by atoms with E-state index in [1.165, 1.54) is 10.6 Å². The van der Waals surface area contributed by atoms with Gasteiger partial charge in [-0.3, -0.25) is 19.3 Å². The van der Waals surface area contributed by atoms with E-state index in [0.717, 1.165) is 12.0 Å². The quantitative estimate of drug-likeness (QED) is 0.872. The third-order valence-corrected chi connectivity index (χ3v) is 4.70. The molecule has 0 aliphatic carbocycles. The molecule has 4 rings (SSSR count). The molecule has 3 amide bonds. The average Bonchev–Trinajstić information content (AvgIpc) is 3.17. The number of amides is 3. The average molecular weight is 323 g/mol. The SMILES string of the molecule is O=C(CCN1C(=O)c2ccccc2C1=O)N1CCc2[nH]ccc2C1. The molecule has 122 valence electrons. The Morgan fingerprint density at radius 2 is 1.79 bits per heavy atom. The predicted molar refractivity (Wildman–Crippen MR) is 86.3 cm³/mol. The number of aromatic nitrogens is 1. The van der Waals surface area contributed by atoms with Gasteiger partial charge in [-0.2, -0.15) is 0 Å². The summed E-state index contributed by atoms with van der Waals surface area (Å²) < 4.78 is 0. The van der Waals surface area contributed by atoms with Gasteiger partial charge in [0.25, 0.3) is 11.8 Å². The molecule has 0 unspecified atom stereocenters. The Hall–Kier alpha value is -2.89. The first-order valence-electron chi connectivity index (χ1n) is 8.03. The molecule has 0 spiro atoms. The Morgan fingerprint density at radius 1 is 1.08 bits per heavy atom. The second-order valence-corrected chi connectivity index (χ2v) is 6.10. The molecule has 6 heteroatoms. The second kappa shape index (κ2) is 5.63. The van der Waals surface area contributed by atoms with Crippen LogP contribution in [0.4, 0.5) is 0 Å². The lowest BCUT2D eigenvalue weighted by Crippen LogP contribution is -2.39. The summed E-state index contributed by atoms with van der Waals surface area (Å²) in [5.74, 6) is -0.650. The maximum atomic E-state index is 12.4. The second-order valence-electron chi connectivity index (χ2n) is 6.10. The fourth-order valence-corrected chi connectivity index (χ4v) is 3.37. The van der Waals surface area contributed by atoms with Crippen LogP contribution in [0.25, 0.3) is 0 Å². The minimum Gasteiger partial charge on any atom is -0.365 e. The fourth-order valence-electron chi connectivity index (χ4n) is 3.37. The molecule has 2 aromatic rings. The van der Waals surface area contributed by atoms with Crippen LogP contribution in [0.5, 0.6) is 0 Å². The number of rotatable bonds is 3. The van der Waals surface area contributed by atoms with Gasteiger partial charge in [-0.05, 0) is 23.8 Å². The molecule has 1 N–H and O–H groups in total. The third kappa shape index (κ3) is 2.31. The number of aromatic amines is 1. The van der Waals surface area contributed by atoms with Gasteiger partial charge in [-0.1, -0.05) is 12.1 Å². The molecular formula is C18H17N3O3. The summed E-state index contributed by atoms with van der Waals surface area (Å²) in [5.41, 5.74) is 3.16. The largest absolute Gasteiger partial charge is 0.365 e. The summed E-state index contributed by atoms with van der Waals surface area (Å²) in [6, 6.07) is 8.76. The molecule has 6 nitrogen and oxygen atoms in total. The van der Waals surface area contributed by atoms with E-state index < -0.39 is 0 Å². The van der Waals surface area contributed by atoms with Crippen LogP contribution in [0, 0.1) is 0 Å². The van der Waals surface area contributed by atoms with Crippen molar-refractivity contribution in [2.24, 2.45) is 0 Å². The van der Waals surface area contributed by atoms with Crippen LogP contribution >= 0.6 is 0 Å². The van der Waals surface area contributed by atoms with Gasteiger partial charge in [0.15, 0.2) is 0 Å². The minimum atomic E-state index is -0.310. The van der Waals surface area contributed by atoms with Gasteiger partial charge < -0.3 is 9.88 Å². The summed E-state index contributed by atoms with van der Waals surface area (Å²) in [6.07, 6.45) is 2.85. The summed E-state index contributed by atoms with van der Waals surface area (Å²) in [4.78, 5) is 43.2. The first-order chi connectivity index (χ1) is 11.6. The highest BCUT2D eigenvalue weighted by Crippen LogP contribution is 2.23. The number of hydrogen-bond donors (Lipinski definition) is 1. The van der Waals surface area contributed by atoms with E-state index in [-0.39, 0.29) is 30.7 Å². The summed E-state index contributed by atoms with van der Waals surface area (Å²) in [6.45, 7) is 1.37. The molecule has 1 aromatic heterocycles. The van der Waals surface area contributed by atoms with Crippen LogP contribution in [-0.2, 0) is 17.8 Å². The van der Waals surface area contributed by atoms with E-state index in [1.54, 1.807) is 29.2 Å². The number of fused-ring (bicyclic) bond motifs is 2. The molecule has 2 aliphatic heterocycles.